The molecule has 10 heteroatoms. The number of rotatable bonds is 6. The Labute approximate surface area is 193 Å². The van der Waals surface area contributed by atoms with E-state index in [1.807, 2.05) is 19.1 Å². The molecular weight excluding hydrogens is 446 g/mol. The molecule has 2 amide bonds. The number of nitrogens with one attached hydrogen (secondary N) is 1. The first kappa shape index (κ1) is 23.1. The number of hydrogen-bond acceptors (Lipinski definition) is 6. The molecule has 2 aliphatic heterocycles. The molecule has 0 aromatic heterocycles. The van der Waals surface area contributed by atoms with Gasteiger partial charge in [0.25, 0.3) is 5.91 Å². The highest BCUT2D eigenvalue weighted by Crippen LogP contribution is 2.33. The Morgan fingerprint density at radius 3 is 2.70 bits per heavy atom. The summed E-state index contributed by atoms with van der Waals surface area (Å²) in [5, 5.41) is 2.63. The Morgan fingerprint density at radius 2 is 2.00 bits per heavy atom. The van der Waals surface area contributed by atoms with Crippen molar-refractivity contribution in [2.75, 3.05) is 43.6 Å². The Kier molecular flexibility index (Phi) is 6.57. The highest BCUT2D eigenvalue weighted by atomic mass is 32.2. The van der Waals surface area contributed by atoms with E-state index in [1.54, 1.807) is 24.1 Å². The van der Waals surface area contributed by atoms with Gasteiger partial charge in [-0.15, -0.1) is 0 Å². The monoisotopic (exact) mass is 473 g/mol. The first-order valence-corrected chi connectivity index (χ1v) is 12.3. The molecule has 0 bridgehead atoms. The number of fused-ring (bicyclic) bond motifs is 1. The van der Waals surface area contributed by atoms with Crippen molar-refractivity contribution >= 4 is 33.2 Å². The van der Waals surface area contributed by atoms with E-state index in [-0.39, 0.29) is 29.9 Å². The van der Waals surface area contributed by atoms with Crippen LogP contribution in [0.15, 0.2) is 47.4 Å². The van der Waals surface area contributed by atoms with Crippen LogP contribution in [0.2, 0.25) is 0 Å². The molecular formula is C23H27N3O6S. The lowest BCUT2D eigenvalue weighted by atomic mass is 9.97. The minimum absolute atomic E-state index is 0.0580. The van der Waals surface area contributed by atoms with Gasteiger partial charge in [0.2, 0.25) is 15.9 Å². The molecule has 1 atom stereocenters. The summed E-state index contributed by atoms with van der Waals surface area (Å²) in [7, 11) is -2.26. The summed E-state index contributed by atoms with van der Waals surface area (Å²) < 4.78 is 38.5. The van der Waals surface area contributed by atoms with Gasteiger partial charge >= 0.3 is 0 Å². The number of anilines is 2. The molecule has 0 radical (unpaired) electrons. The number of benzene rings is 2. The van der Waals surface area contributed by atoms with Crippen LogP contribution in [0, 0.1) is 5.92 Å². The van der Waals surface area contributed by atoms with Gasteiger partial charge in [0.05, 0.1) is 23.6 Å². The molecule has 0 saturated carbocycles. The molecule has 0 unspecified atom stereocenters. The van der Waals surface area contributed by atoms with E-state index < -0.39 is 15.9 Å². The van der Waals surface area contributed by atoms with Gasteiger partial charge in [0.1, 0.15) is 11.5 Å². The van der Waals surface area contributed by atoms with Crippen molar-refractivity contribution in [3.63, 3.8) is 0 Å². The van der Waals surface area contributed by atoms with Crippen LogP contribution in [-0.2, 0) is 19.6 Å². The van der Waals surface area contributed by atoms with Crippen molar-refractivity contribution in [3.05, 3.63) is 42.5 Å². The van der Waals surface area contributed by atoms with Crippen molar-refractivity contribution in [2.45, 2.75) is 24.7 Å². The van der Waals surface area contributed by atoms with E-state index in [2.05, 4.69) is 5.32 Å². The Morgan fingerprint density at radius 1 is 1.24 bits per heavy atom. The van der Waals surface area contributed by atoms with E-state index in [1.165, 1.54) is 22.5 Å². The molecule has 2 aromatic carbocycles. The summed E-state index contributed by atoms with van der Waals surface area (Å²) in [4.78, 5) is 26.7. The van der Waals surface area contributed by atoms with E-state index in [0.29, 0.717) is 43.1 Å². The fraction of sp³-hybridized carbons (Fsp3) is 0.391. The number of nitrogens with zero attached hydrogens (tertiary/aromatic N) is 2. The molecule has 4 rings (SSSR count). The maximum atomic E-state index is 13.3. The number of hydrogen-bond donors (Lipinski definition) is 1. The van der Waals surface area contributed by atoms with Gasteiger partial charge < -0.3 is 19.7 Å². The van der Waals surface area contributed by atoms with Crippen LogP contribution in [0.4, 0.5) is 11.4 Å². The standard InChI is InChI=1S/C23H27N3O6S/c1-3-26(17-6-8-18(31-2)9-7-17)23(28)16-5-4-12-25(14-16)33(29,30)19-10-11-21-20(13-19)24-22(27)15-32-21/h6-11,13,16H,3-5,12,14-15H2,1-2H3,(H,24,27)/t16-/m1/s1. The second kappa shape index (κ2) is 9.40. The second-order valence-electron chi connectivity index (χ2n) is 7.98. The first-order chi connectivity index (χ1) is 15.8. The zero-order chi connectivity index (χ0) is 23.6. The number of piperidine rings is 1. The minimum atomic E-state index is -3.85. The van der Waals surface area contributed by atoms with Crippen LogP contribution in [0.3, 0.4) is 0 Å². The molecule has 2 aromatic rings. The van der Waals surface area contributed by atoms with E-state index in [9.17, 15) is 18.0 Å². The third-order valence-corrected chi connectivity index (χ3v) is 7.78. The van der Waals surface area contributed by atoms with Crippen LogP contribution in [0.5, 0.6) is 11.5 Å². The number of sulfonamides is 1. The molecule has 176 valence electrons. The van der Waals surface area contributed by atoms with Gasteiger partial charge in [0, 0.05) is 25.3 Å². The average Bonchev–Trinajstić information content (AvgIpc) is 2.84. The Bertz CT molecular complexity index is 1150. The molecule has 1 N–H and O–H groups in total. The number of ether oxygens (including phenoxy) is 2. The molecule has 1 saturated heterocycles. The van der Waals surface area contributed by atoms with Crippen LogP contribution in [-0.4, -0.2) is 57.9 Å². The van der Waals surface area contributed by atoms with Gasteiger partial charge in [-0.25, -0.2) is 8.42 Å². The van der Waals surface area contributed by atoms with Crippen molar-refractivity contribution < 1.29 is 27.5 Å². The predicted octanol–water partition coefficient (Wildman–Crippen LogP) is 2.48. The summed E-state index contributed by atoms with van der Waals surface area (Å²) in [6.45, 7) is 2.70. The summed E-state index contributed by atoms with van der Waals surface area (Å²) >= 11 is 0. The van der Waals surface area contributed by atoms with Crippen LogP contribution >= 0.6 is 0 Å². The number of amides is 2. The maximum Gasteiger partial charge on any atom is 0.262 e. The van der Waals surface area contributed by atoms with E-state index >= 15 is 0 Å². The highest BCUT2D eigenvalue weighted by molar-refractivity contribution is 7.89. The normalized spacial score (nSPS) is 18.6. The van der Waals surface area contributed by atoms with Gasteiger partial charge in [-0.3, -0.25) is 9.59 Å². The molecule has 2 heterocycles. The largest absolute Gasteiger partial charge is 0.497 e. The zero-order valence-electron chi connectivity index (χ0n) is 18.6. The lowest BCUT2D eigenvalue weighted by Gasteiger charge is -2.34. The molecule has 9 nitrogen and oxygen atoms in total. The average molecular weight is 474 g/mol. The van der Waals surface area contributed by atoms with Crippen molar-refractivity contribution in [1.82, 2.24) is 4.31 Å². The van der Waals surface area contributed by atoms with Crippen LogP contribution in [0.25, 0.3) is 0 Å². The number of carbonyl (C=O) groups is 2. The zero-order valence-corrected chi connectivity index (χ0v) is 19.4. The minimum Gasteiger partial charge on any atom is -0.497 e. The maximum absolute atomic E-state index is 13.3. The molecule has 1 fully saturated rings. The van der Waals surface area contributed by atoms with Gasteiger partial charge in [-0.1, -0.05) is 0 Å². The molecule has 0 spiro atoms. The Hall–Kier alpha value is -3.11. The molecule has 0 aliphatic carbocycles. The van der Waals surface area contributed by atoms with Crippen LogP contribution in [0.1, 0.15) is 19.8 Å². The summed E-state index contributed by atoms with van der Waals surface area (Å²) in [6, 6.07) is 11.6. The molecule has 2 aliphatic rings. The topological polar surface area (TPSA) is 105 Å². The van der Waals surface area contributed by atoms with Gasteiger partial charge in [-0.05, 0) is 62.2 Å². The SMILES string of the molecule is CCN(C(=O)[C@@H]1CCCN(S(=O)(=O)c2ccc3c(c2)NC(=O)CO3)C1)c1ccc(OC)cc1. The van der Waals surface area contributed by atoms with Crippen molar-refractivity contribution in [2.24, 2.45) is 5.92 Å². The fourth-order valence-electron chi connectivity index (χ4n) is 4.18. The summed E-state index contributed by atoms with van der Waals surface area (Å²) in [6.07, 6.45) is 1.20. The summed E-state index contributed by atoms with van der Waals surface area (Å²) in [5.41, 5.74) is 1.07. The van der Waals surface area contributed by atoms with Gasteiger partial charge in [0.15, 0.2) is 6.61 Å². The van der Waals surface area contributed by atoms with Gasteiger partial charge in [-0.2, -0.15) is 4.31 Å². The van der Waals surface area contributed by atoms with E-state index in [4.69, 9.17) is 9.47 Å². The molecule has 33 heavy (non-hydrogen) atoms. The third-order valence-electron chi connectivity index (χ3n) is 5.92. The predicted molar refractivity (Wildman–Crippen MR) is 123 cm³/mol. The quantitative estimate of drug-likeness (QED) is 0.691. The van der Waals surface area contributed by atoms with Crippen molar-refractivity contribution in [3.8, 4) is 11.5 Å². The smallest absolute Gasteiger partial charge is 0.262 e. The fourth-order valence-corrected chi connectivity index (χ4v) is 5.73. The van der Waals surface area contributed by atoms with E-state index in [0.717, 1.165) is 5.69 Å². The second-order valence-corrected chi connectivity index (χ2v) is 9.92. The van der Waals surface area contributed by atoms with Crippen LogP contribution < -0.4 is 19.7 Å². The van der Waals surface area contributed by atoms with Crippen molar-refractivity contribution in [1.29, 1.82) is 0 Å². The Balaban J connectivity index is 1.53. The lowest BCUT2D eigenvalue weighted by molar-refractivity contribution is -0.123. The highest BCUT2D eigenvalue weighted by Gasteiger charge is 2.35. The summed E-state index contributed by atoms with van der Waals surface area (Å²) in [5.74, 6) is 0.242. The number of carbonyl (C=O) groups excluding carboxylic acids is 2. The number of methoxy groups -OCH3 is 1. The lowest BCUT2D eigenvalue weighted by Crippen LogP contribution is -2.46. The first-order valence-electron chi connectivity index (χ1n) is 10.9. The third kappa shape index (κ3) is 4.67.